The van der Waals surface area contributed by atoms with Crippen LogP contribution in [0.1, 0.15) is 12.8 Å². The summed E-state index contributed by atoms with van der Waals surface area (Å²) < 4.78 is 26.3. The highest BCUT2D eigenvalue weighted by Crippen LogP contribution is 2.19. The summed E-state index contributed by atoms with van der Waals surface area (Å²) in [6.45, 7) is -0.117. The van der Waals surface area contributed by atoms with Gasteiger partial charge in [-0.05, 0) is 25.0 Å². The molecule has 0 bridgehead atoms. The fourth-order valence-electron chi connectivity index (χ4n) is 1.34. The van der Waals surface area contributed by atoms with Gasteiger partial charge in [0.25, 0.3) is 0 Å². The summed E-state index contributed by atoms with van der Waals surface area (Å²) in [5.41, 5.74) is -0.256. The molecule has 0 radical (unpaired) electrons. The number of anilines is 1. The van der Waals surface area contributed by atoms with Gasteiger partial charge in [-0.15, -0.1) is 0 Å². The second-order valence-electron chi connectivity index (χ2n) is 3.79. The summed E-state index contributed by atoms with van der Waals surface area (Å²) in [6.07, 6.45) is 1.97. The molecule has 1 aromatic rings. The summed E-state index contributed by atoms with van der Waals surface area (Å²) in [5, 5.41) is 5.17. The van der Waals surface area contributed by atoms with E-state index in [-0.39, 0.29) is 24.2 Å². The molecule has 0 heterocycles. The van der Waals surface area contributed by atoms with Crippen molar-refractivity contribution in [1.29, 1.82) is 0 Å². The lowest BCUT2D eigenvalue weighted by molar-refractivity contribution is -0.119. The van der Waals surface area contributed by atoms with Crippen LogP contribution in [0, 0.1) is 11.6 Å². The lowest BCUT2D eigenvalue weighted by Crippen LogP contribution is -2.31. The van der Waals surface area contributed by atoms with E-state index in [0.29, 0.717) is 0 Å². The number of halogens is 2. The number of amides is 1. The molecule has 2 N–H and O–H groups in total. The van der Waals surface area contributed by atoms with Gasteiger partial charge in [0.1, 0.15) is 17.3 Å². The van der Waals surface area contributed by atoms with Crippen molar-refractivity contribution >= 4 is 11.6 Å². The van der Waals surface area contributed by atoms with Crippen molar-refractivity contribution in [3.63, 3.8) is 0 Å². The largest absolute Gasteiger partial charge is 0.371 e. The number of nitrogens with one attached hydrogen (secondary N) is 2. The monoisotopic (exact) mass is 226 g/mol. The minimum Gasteiger partial charge on any atom is -0.371 e. The van der Waals surface area contributed by atoms with Gasteiger partial charge in [-0.25, -0.2) is 8.78 Å². The van der Waals surface area contributed by atoms with Crippen molar-refractivity contribution in [1.82, 2.24) is 5.32 Å². The molecule has 0 aliphatic heterocycles. The van der Waals surface area contributed by atoms with Crippen molar-refractivity contribution < 1.29 is 13.6 Å². The van der Waals surface area contributed by atoms with Gasteiger partial charge in [0, 0.05) is 6.04 Å². The molecule has 0 atom stereocenters. The third-order valence-corrected chi connectivity index (χ3v) is 2.33. The van der Waals surface area contributed by atoms with E-state index in [4.69, 9.17) is 0 Å². The number of carbonyl (C=O) groups excluding carboxylic acids is 1. The van der Waals surface area contributed by atoms with E-state index in [1.807, 2.05) is 0 Å². The Morgan fingerprint density at radius 2 is 1.94 bits per heavy atom. The fraction of sp³-hybridized carbons (Fsp3) is 0.364. The van der Waals surface area contributed by atoms with E-state index >= 15 is 0 Å². The Kier molecular flexibility index (Phi) is 3.03. The first-order valence-corrected chi connectivity index (χ1v) is 5.14. The summed E-state index contributed by atoms with van der Waals surface area (Å²) in [4.78, 5) is 11.3. The predicted octanol–water partition coefficient (Wildman–Crippen LogP) is 1.66. The van der Waals surface area contributed by atoms with Crippen LogP contribution in [0.3, 0.4) is 0 Å². The molecular formula is C11H12F2N2O. The second kappa shape index (κ2) is 4.47. The fourth-order valence-corrected chi connectivity index (χ4v) is 1.34. The molecule has 2 rings (SSSR count). The lowest BCUT2D eigenvalue weighted by Gasteiger charge is -2.08. The zero-order valence-corrected chi connectivity index (χ0v) is 8.59. The Morgan fingerprint density at radius 3 is 2.50 bits per heavy atom. The molecule has 1 aliphatic rings. The molecule has 0 unspecified atom stereocenters. The SMILES string of the molecule is O=C(CNc1c(F)cccc1F)NC1CC1. The van der Waals surface area contributed by atoms with Crippen molar-refractivity contribution in [2.75, 3.05) is 11.9 Å². The maximum Gasteiger partial charge on any atom is 0.239 e. The topological polar surface area (TPSA) is 41.1 Å². The van der Waals surface area contributed by atoms with Crippen LogP contribution in [0.5, 0.6) is 0 Å². The summed E-state index contributed by atoms with van der Waals surface area (Å²) in [7, 11) is 0. The molecule has 86 valence electrons. The maximum absolute atomic E-state index is 13.1. The molecule has 1 aliphatic carbocycles. The first-order valence-electron chi connectivity index (χ1n) is 5.14. The zero-order chi connectivity index (χ0) is 11.5. The van der Waals surface area contributed by atoms with Crippen LogP contribution in [0.2, 0.25) is 0 Å². The Balaban J connectivity index is 1.90. The molecule has 5 heteroatoms. The molecular weight excluding hydrogens is 214 g/mol. The summed E-state index contributed by atoms with van der Waals surface area (Å²) in [5.74, 6) is -1.64. The van der Waals surface area contributed by atoms with Crippen LogP contribution < -0.4 is 10.6 Å². The van der Waals surface area contributed by atoms with Crippen LogP contribution in [-0.2, 0) is 4.79 Å². The average Bonchev–Trinajstić information content (AvgIpc) is 3.01. The molecule has 16 heavy (non-hydrogen) atoms. The molecule has 1 aromatic carbocycles. The second-order valence-corrected chi connectivity index (χ2v) is 3.79. The van der Waals surface area contributed by atoms with E-state index in [2.05, 4.69) is 10.6 Å². The van der Waals surface area contributed by atoms with E-state index in [0.717, 1.165) is 25.0 Å². The Bertz CT molecular complexity index is 385. The third kappa shape index (κ3) is 2.68. The van der Waals surface area contributed by atoms with Gasteiger partial charge >= 0.3 is 0 Å². The number of carbonyl (C=O) groups is 1. The third-order valence-electron chi connectivity index (χ3n) is 2.33. The Labute approximate surface area is 91.8 Å². The van der Waals surface area contributed by atoms with E-state index in [1.54, 1.807) is 0 Å². The maximum atomic E-state index is 13.1. The van der Waals surface area contributed by atoms with Crippen LogP contribution >= 0.6 is 0 Å². The molecule has 1 fully saturated rings. The summed E-state index contributed by atoms with van der Waals surface area (Å²) >= 11 is 0. The quantitative estimate of drug-likeness (QED) is 0.819. The predicted molar refractivity (Wildman–Crippen MR) is 56.0 cm³/mol. The van der Waals surface area contributed by atoms with Crippen LogP contribution in [-0.4, -0.2) is 18.5 Å². The molecule has 0 saturated heterocycles. The van der Waals surface area contributed by atoms with E-state index in [9.17, 15) is 13.6 Å². The summed E-state index contributed by atoms with van der Waals surface area (Å²) in [6, 6.07) is 3.81. The highest BCUT2D eigenvalue weighted by Gasteiger charge is 2.23. The lowest BCUT2D eigenvalue weighted by atomic mass is 10.3. The van der Waals surface area contributed by atoms with E-state index in [1.165, 1.54) is 6.07 Å². The molecule has 0 aromatic heterocycles. The normalized spacial score (nSPS) is 14.6. The number of benzene rings is 1. The van der Waals surface area contributed by atoms with Gasteiger partial charge in [-0.3, -0.25) is 4.79 Å². The van der Waals surface area contributed by atoms with Crippen molar-refractivity contribution in [3.05, 3.63) is 29.8 Å². The van der Waals surface area contributed by atoms with Gasteiger partial charge in [0.2, 0.25) is 5.91 Å². The minimum atomic E-state index is -0.695. The first kappa shape index (κ1) is 10.9. The van der Waals surface area contributed by atoms with Gasteiger partial charge in [0.05, 0.1) is 6.54 Å². The molecule has 0 spiro atoms. The zero-order valence-electron chi connectivity index (χ0n) is 8.59. The number of hydrogen-bond acceptors (Lipinski definition) is 2. The molecule has 1 amide bonds. The number of rotatable bonds is 4. The van der Waals surface area contributed by atoms with Gasteiger partial charge in [-0.2, -0.15) is 0 Å². The van der Waals surface area contributed by atoms with Gasteiger partial charge < -0.3 is 10.6 Å². The Hall–Kier alpha value is -1.65. The molecule has 1 saturated carbocycles. The first-order chi connectivity index (χ1) is 7.66. The minimum absolute atomic E-state index is 0.117. The highest BCUT2D eigenvalue weighted by atomic mass is 19.1. The van der Waals surface area contributed by atoms with Crippen LogP contribution in [0.4, 0.5) is 14.5 Å². The number of hydrogen-bond donors (Lipinski definition) is 2. The van der Waals surface area contributed by atoms with Crippen molar-refractivity contribution in [2.24, 2.45) is 0 Å². The van der Waals surface area contributed by atoms with Crippen molar-refractivity contribution in [2.45, 2.75) is 18.9 Å². The molecule has 3 nitrogen and oxygen atoms in total. The Morgan fingerprint density at radius 1 is 1.31 bits per heavy atom. The van der Waals surface area contributed by atoms with E-state index < -0.39 is 11.6 Å². The standard InChI is InChI=1S/C11H12F2N2O/c12-8-2-1-3-9(13)11(8)14-6-10(16)15-7-4-5-7/h1-3,7,14H,4-6H2,(H,15,16). The average molecular weight is 226 g/mol. The van der Waals surface area contributed by atoms with Gasteiger partial charge in [-0.1, -0.05) is 6.07 Å². The van der Waals surface area contributed by atoms with Crippen LogP contribution in [0.25, 0.3) is 0 Å². The number of para-hydroxylation sites is 1. The smallest absolute Gasteiger partial charge is 0.239 e. The van der Waals surface area contributed by atoms with Crippen molar-refractivity contribution in [3.8, 4) is 0 Å². The van der Waals surface area contributed by atoms with Crippen LogP contribution in [0.15, 0.2) is 18.2 Å². The highest BCUT2D eigenvalue weighted by molar-refractivity contribution is 5.81. The van der Waals surface area contributed by atoms with Gasteiger partial charge in [0.15, 0.2) is 0 Å².